The maximum absolute atomic E-state index is 11.5. The van der Waals surface area contributed by atoms with E-state index in [-0.39, 0.29) is 0 Å². The standard InChI is InChI=1S/C12H12N2O3S/c1-8-7-18-11(13-8)14-12(15)17-10-5-3-9(16-2)4-6-10/h3-7H,1-2H3,(H,13,14,15). The number of methoxy groups -OCH3 is 1. The van der Waals surface area contributed by atoms with Gasteiger partial charge in [-0.2, -0.15) is 0 Å². The monoisotopic (exact) mass is 264 g/mol. The number of nitrogens with one attached hydrogen (secondary N) is 1. The molecule has 1 aromatic heterocycles. The van der Waals surface area contributed by atoms with Crippen molar-refractivity contribution in [3.63, 3.8) is 0 Å². The molecule has 0 aliphatic rings. The van der Waals surface area contributed by atoms with Gasteiger partial charge in [-0.25, -0.2) is 9.78 Å². The first-order valence-electron chi connectivity index (χ1n) is 5.22. The van der Waals surface area contributed by atoms with Gasteiger partial charge in [0.2, 0.25) is 0 Å². The minimum atomic E-state index is -0.561. The zero-order chi connectivity index (χ0) is 13.0. The quantitative estimate of drug-likeness (QED) is 0.925. The summed E-state index contributed by atoms with van der Waals surface area (Å²) < 4.78 is 10.1. The predicted molar refractivity (Wildman–Crippen MR) is 69.5 cm³/mol. The van der Waals surface area contributed by atoms with E-state index in [2.05, 4.69) is 10.3 Å². The van der Waals surface area contributed by atoms with Crippen molar-refractivity contribution in [2.75, 3.05) is 12.4 Å². The van der Waals surface area contributed by atoms with Crippen molar-refractivity contribution < 1.29 is 14.3 Å². The third-order valence-corrected chi connectivity index (χ3v) is 2.97. The van der Waals surface area contributed by atoms with Gasteiger partial charge in [0.1, 0.15) is 11.5 Å². The Morgan fingerprint density at radius 3 is 2.50 bits per heavy atom. The summed E-state index contributed by atoms with van der Waals surface area (Å²) in [6.45, 7) is 1.86. The van der Waals surface area contributed by atoms with Crippen LogP contribution < -0.4 is 14.8 Å². The number of amides is 1. The molecule has 1 heterocycles. The van der Waals surface area contributed by atoms with Crippen molar-refractivity contribution in [2.24, 2.45) is 0 Å². The SMILES string of the molecule is COc1ccc(OC(=O)Nc2nc(C)cs2)cc1. The Balaban J connectivity index is 1.94. The van der Waals surface area contributed by atoms with Crippen LogP contribution in [0.2, 0.25) is 0 Å². The third-order valence-electron chi connectivity index (χ3n) is 2.10. The van der Waals surface area contributed by atoms with Crippen molar-refractivity contribution in [2.45, 2.75) is 6.92 Å². The number of anilines is 1. The molecule has 0 unspecified atom stereocenters. The fourth-order valence-corrected chi connectivity index (χ4v) is 1.95. The number of rotatable bonds is 3. The van der Waals surface area contributed by atoms with E-state index in [9.17, 15) is 4.79 Å². The number of hydrogen-bond donors (Lipinski definition) is 1. The maximum Gasteiger partial charge on any atom is 0.418 e. The highest BCUT2D eigenvalue weighted by Gasteiger charge is 2.07. The lowest BCUT2D eigenvalue weighted by molar-refractivity contribution is 0.215. The zero-order valence-electron chi connectivity index (χ0n) is 9.97. The Morgan fingerprint density at radius 1 is 1.28 bits per heavy atom. The average Bonchev–Trinajstić information content (AvgIpc) is 2.75. The molecule has 0 aliphatic carbocycles. The molecule has 94 valence electrons. The van der Waals surface area contributed by atoms with Crippen LogP contribution >= 0.6 is 11.3 Å². The lowest BCUT2D eigenvalue weighted by atomic mass is 10.3. The van der Waals surface area contributed by atoms with Gasteiger partial charge in [-0.3, -0.25) is 5.32 Å². The van der Waals surface area contributed by atoms with Crippen molar-refractivity contribution >= 4 is 22.6 Å². The van der Waals surface area contributed by atoms with Gasteiger partial charge in [0.25, 0.3) is 0 Å². The first-order chi connectivity index (χ1) is 8.67. The first-order valence-corrected chi connectivity index (χ1v) is 6.10. The molecule has 0 saturated heterocycles. The summed E-state index contributed by atoms with van der Waals surface area (Å²) in [6, 6.07) is 6.75. The Morgan fingerprint density at radius 2 is 1.94 bits per heavy atom. The summed E-state index contributed by atoms with van der Waals surface area (Å²) in [5, 5.41) is 4.92. The smallest absolute Gasteiger partial charge is 0.418 e. The zero-order valence-corrected chi connectivity index (χ0v) is 10.8. The van der Waals surface area contributed by atoms with E-state index >= 15 is 0 Å². The number of carbonyl (C=O) groups is 1. The number of benzene rings is 1. The second-order valence-corrected chi connectivity index (χ2v) is 4.34. The van der Waals surface area contributed by atoms with Crippen LogP contribution in [0.1, 0.15) is 5.69 Å². The normalized spacial score (nSPS) is 9.89. The Bertz CT molecular complexity index is 537. The van der Waals surface area contributed by atoms with E-state index in [0.29, 0.717) is 16.6 Å². The van der Waals surface area contributed by atoms with E-state index in [0.717, 1.165) is 5.69 Å². The van der Waals surface area contributed by atoms with Gasteiger partial charge in [-0.1, -0.05) is 0 Å². The summed E-state index contributed by atoms with van der Waals surface area (Å²) in [5.74, 6) is 1.15. The molecule has 0 bridgehead atoms. The summed E-state index contributed by atoms with van der Waals surface area (Å²) >= 11 is 1.35. The molecular formula is C12H12N2O3S. The minimum absolute atomic E-state index is 0.446. The third kappa shape index (κ3) is 3.21. The number of aryl methyl sites for hydroxylation is 1. The molecule has 1 N–H and O–H groups in total. The van der Waals surface area contributed by atoms with Crippen LogP contribution in [0.4, 0.5) is 9.93 Å². The van der Waals surface area contributed by atoms with Crippen molar-refractivity contribution in [1.29, 1.82) is 0 Å². The highest BCUT2D eigenvalue weighted by Crippen LogP contribution is 2.18. The van der Waals surface area contributed by atoms with Gasteiger partial charge >= 0.3 is 6.09 Å². The molecule has 18 heavy (non-hydrogen) atoms. The largest absolute Gasteiger partial charge is 0.497 e. The highest BCUT2D eigenvalue weighted by atomic mass is 32.1. The van der Waals surface area contributed by atoms with Gasteiger partial charge in [0, 0.05) is 5.38 Å². The second kappa shape index (κ2) is 5.50. The van der Waals surface area contributed by atoms with E-state index in [1.807, 2.05) is 12.3 Å². The van der Waals surface area contributed by atoms with E-state index in [4.69, 9.17) is 9.47 Å². The number of thiazole rings is 1. The van der Waals surface area contributed by atoms with Crippen molar-refractivity contribution in [1.82, 2.24) is 4.98 Å². The number of carbonyl (C=O) groups excluding carboxylic acids is 1. The molecule has 0 atom stereocenters. The van der Waals surface area contributed by atoms with Crippen LogP contribution in [0.15, 0.2) is 29.6 Å². The Kier molecular flexibility index (Phi) is 3.78. The molecule has 2 aromatic rings. The van der Waals surface area contributed by atoms with Gasteiger partial charge in [0.15, 0.2) is 5.13 Å². The molecule has 0 saturated carbocycles. The highest BCUT2D eigenvalue weighted by molar-refractivity contribution is 7.13. The van der Waals surface area contributed by atoms with Crippen LogP contribution in [-0.2, 0) is 0 Å². The lowest BCUT2D eigenvalue weighted by Gasteiger charge is -2.05. The van der Waals surface area contributed by atoms with Gasteiger partial charge in [0.05, 0.1) is 12.8 Å². The second-order valence-electron chi connectivity index (χ2n) is 3.48. The molecule has 6 heteroatoms. The summed E-state index contributed by atoms with van der Waals surface area (Å²) in [5.41, 5.74) is 0.861. The van der Waals surface area contributed by atoms with Crippen LogP contribution in [0.3, 0.4) is 0 Å². The van der Waals surface area contributed by atoms with Crippen LogP contribution in [-0.4, -0.2) is 18.2 Å². The van der Waals surface area contributed by atoms with Crippen LogP contribution in [0.25, 0.3) is 0 Å². The van der Waals surface area contributed by atoms with Crippen molar-refractivity contribution in [3.8, 4) is 11.5 Å². The van der Waals surface area contributed by atoms with E-state index in [1.165, 1.54) is 11.3 Å². The fraction of sp³-hybridized carbons (Fsp3) is 0.167. The topological polar surface area (TPSA) is 60.5 Å². The number of nitrogens with zero attached hydrogens (tertiary/aromatic N) is 1. The number of hydrogen-bond acceptors (Lipinski definition) is 5. The number of aromatic nitrogens is 1. The van der Waals surface area contributed by atoms with Crippen LogP contribution in [0, 0.1) is 6.92 Å². The summed E-state index contributed by atoms with van der Waals surface area (Å²) in [6.07, 6.45) is -0.561. The van der Waals surface area contributed by atoms with E-state index < -0.39 is 6.09 Å². The number of ether oxygens (including phenoxy) is 2. The molecule has 0 spiro atoms. The Hall–Kier alpha value is -2.08. The summed E-state index contributed by atoms with van der Waals surface area (Å²) in [7, 11) is 1.58. The van der Waals surface area contributed by atoms with Gasteiger partial charge < -0.3 is 9.47 Å². The first kappa shape index (κ1) is 12.4. The molecule has 0 aliphatic heterocycles. The predicted octanol–water partition coefficient (Wildman–Crippen LogP) is 3.07. The van der Waals surface area contributed by atoms with Crippen molar-refractivity contribution in [3.05, 3.63) is 35.3 Å². The van der Waals surface area contributed by atoms with E-state index in [1.54, 1.807) is 31.4 Å². The Labute approximate surface area is 108 Å². The molecule has 5 nitrogen and oxygen atoms in total. The molecule has 0 fully saturated rings. The molecule has 2 rings (SSSR count). The average molecular weight is 264 g/mol. The minimum Gasteiger partial charge on any atom is -0.497 e. The molecule has 0 radical (unpaired) electrons. The molecule has 1 aromatic carbocycles. The van der Waals surface area contributed by atoms with Gasteiger partial charge in [-0.15, -0.1) is 11.3 Å². The molecular weight excluding hydrogens is 252 g/mol. The lowest BCUT2D eigenvalue weighted by Crippen LogP contribution is -2.16. The van der Waals surface area contributed by atoms with Gasteiger partial charge in [-0.05, 0) is 31.2 Å². The molecule has 1 amide bonds. The summed E-state index contributed by atoms with van der Waals surface area (Å²) in [4.78, 5) is 15.7. The van der Waals surface area contributed by atoms with Crippen LogP contribution in [0.5, 0.6) is 11.5 Å². The maximum atomic E-state index is 11.5. The fourth-order valence-electron chi connectivity index (χ4n) is 1.28.